The second-order valence-corrected chi connectivity index (χ2v) is 7.06. The Morgan fingerprint density at radius 3 is 2.61 bits per heavy atom. The van der Waals surface area contributed by atoms with Crippen LogP contribution in [0.3, 0.4) is 0 Å². The van der Waals surface area contributed by atoms with Crippen LogP contribution in [0.4, 0.5) is 0 Å². The first-order valence-corrected chi connectivity index (χ1v) is 7.38. The van der Waals surface area contributed by atoms with Crippen molar-refractivity contribution in [3.63, 3.8) is 0 Å². The molecule has 0 spiro atoms. The van der Waals surface area contributed by atoms with Gasteiger partial charge in [0, 0.05) is 0 Å². The number of rotatable bonds is 2. The van der Waals surface area contributed by atoms with Crippen LogP contribution in [-0.4, -0.2) is 58.6 Å². The van der Waals surface area contributed by atoms with E-state index in [0.717, 1.165) is 0 Å². The Bertz CT molecular complexity index is 554. The molecule has 1 aromatic heterocycles. The molecule has 1 fully saturated rings. The Hall–Kier alpha value is -0.921. The van der Waals surface area contributed by atoms with E-state index in [1.807, 2.05) is 0 Å². The van der Waals surface area contributed by atoms with Crippen LogP contribution in [0.1, 0.15) is 10.5 Å². The number of aromatic amines is 1. The van der Waals surface area contributed by atoms with Gasteiger partial charge in [0.15, 0.2) is 0 Å². The molecule has 4 N–H and O–H groups in total. The van der Waals surface area contributed by atoms with Gasteiger partial charge in [-0.05, 0) is 0 Å². The first kappa shape index (κ1) is 13.5. The van der Waals surface area contributed by atoms with Crippen LogP contribution in [0.25, 0.3) is 0 Å². The number of nitrogens with zero attached hydrogens (tertiary/aromatic N) is 1. The molecule has 1 unspecified atom stereocenters. The van der Waals surface area contributed by atoms with Crippen molar-refractivity contribution in [2.45, 2.75) is 28.9 Å². The number of aliphatic hydroxyl groups is 3. The third-order valence-electron chi connectivity index (χ3n) is 2.94. The van der Waals surface area contributed by atoms with E-state index in [2.05, 4.69) is 4.98 Å². The molecule has 8 heteroatoms. The van der Waals surface area contributed by atoms with E-state index in [1.165, 1.54) is 10.8 Å². The summed E-state index contributed by atoms with van der Waals surface area (Å²) in [5, 5.41) is 28.7. The topological polar surface area (TPSA) is 116 Å². The molecular formula is C10H14N2O5Se. The van der Waals surface area contributed by atoms with Crippen LogP contribution in [0.2, 0.25) is 4.82 Å². The second-order valence-electron chi connectivity index (χ2n) is 4.21. The Labute approximate surface area is 108 Å². The predicted molar refractivity (Wildman–Crippen MR) is 63.7 cm³/mol. The van der Waals surface area contributed by atoms with Crippen molar-refractivity contribution in [1.29, 1.82) is 0 Å². The SMILES string of the molecule is Cc1cn(C2[Se][C@H](CO)[C@@H](O)[C@@H]2O)c(=O)[nH]c1=O. The summed E-state index contributed by atoms with van der Waals surface area (Å²) in [7, 11) is 0. The first-order chi connectivity index (χ1) is 8.45. The molecule has 1 aliphatic heterocycles. The molecule has 0 bridgehead atoms. The molecule has 0 aromatic carbocycles. The minimum absolute atomic E-state index is 0.230. The van der Waals surface area contributed by atoms with Crippen LogP contribution >= 0.6 is 0 Å². The van der Waals surface area contributed by atoms with Gasteiger partial charge in [-0.3, -0.25) is 0 Å². The standard InChI is InChI=1S/C10H14N2O5Se/c1-4-2-12(10(17)11-8(4)16)9-7(15)6(14)5(3-13)18-9/h2,5-7,9,13-15H,3H2,1H3,(H,11,16,17)/t5-,6-,7+,9?/m1/s1. The van der Waals surface area contributed by atoms with Crippen molar-refractivity contribution in [3.8, 4) is 0 Å². The molecule has 2 heterocycles. The third-order valence-corrected chi connectivity index (χ3v) is 6.22. The fourth-order valence-electron chi connectivity index (χ4n) is 1.88. The summed E-state index contributed by atoms with van der Waals surface area (Å²) in [4.78, 5) is 24.1. The fraction of sp³-hybridized carbons (Fsp3) is 0.600. The normalized spacial score (nSPS) is 31.8. The zero-order valence-corrected chi connectivity index (χ0v) is 11.3. The quantitative estimate of drug-likeness (QED) is 0.452. The van der Waals surface area contributed by atoms with Gasteiger partial charge < -0.3 is 0 Å². The zero-order valence-electron chi connectivity index (χ0n) is 9.61. The van der Waals surface area contributed by atoms with Crippen molar-refractivity contribution in [3.05, 3.63) is 32.6 Å². The Morgan fingerprint density at radius 1 is 1.39 bits per heavy atom. The minimum atomic E-state index is -1.11. The molecule has 0 saturated carbocycles. The van der Waals surface area contributed by atoms with Crippen LogP contribution < -0.4 is 11.2 Å². The number of H-pyrrole nitrogens is 1. The second kappa shape index (κ2) is 4.99. The molecule has 2 rings (SSSR count). The van der Waals surface area contributed by atoms with Crippen LogP contribution in [0, 0.1) is 6.92 Å². The first-order valence-electron chi connectivity index (χ1n) is 5.40. The zero-order chi connectivity index (χ0) is 13.4. The van der Waals surface area contributed by atoms with Crippen molar-refractivity contribution in [1.82, 2.24) is 9.55 Å². The van der Waals surface area contributed by atoms with Gasteiger partial charge >= 0.3 is 108 Å². The Morgan fingerprint density at radius 2 is 2.06 bits per heavy atom. The van der Waals surface area contributed by atoms with Gasteiger partial charge in [0.25, 0.3) is 0 Å². The molecule has 0 amide bonds. The molecule has 7 nitrogen and oxygen atoms in total. The van der Waals surface area contributed by atoms with Gasteiger partial charge in [0.05, 0.1) is 0 Å². The van der Waals surface area contributed by atoms with Crippen LogP contribution in [0.15, 0.2) is 15.8 Å². The number of hydrogen-bond donors (Lipinski definition) is 4. The van der Waals surface area contributed by atoms with E-state index in [9.17, 15) is 19.8 Å². The fourth-order valence-corrected chi connectivity index (χ4v) is 4.77. The van der Waals surface area contributed by atoms with Crippen molar-refractivity contribution in [2.24, 2.45) is 0 Å². The molecule has 4 atom stereocenters. The van der Waals surface area contributed by atoms with E-state index in [-0.39, 0.29) is 21.6 Å². The van der Waals surface area contributed by atoms with Gasteiger partial charge in [-0.1, -0.05) is 0 Å². The van der Waals surface area contributed by atoms with E-state index in [0.29, 0.717) is 5.56 Å². The van der Waals surface area contributed by atoms with Gasteiger partial charge in [0.1, 0.15) is 0 Å². The van der Waals surface area contributed by atoms with Crippen LogP contribution in [-0.2, 0) is 0 Å². The van der Waals surface area contributed by atoms with Crippen LogP contribution in [0.5, 0.6) is 0 Å². The van der Waals surface area contributed by atoms with E-state index in [4.69, 9.17) is 5.11 Å². The summed E-state index contributed by atoms with van der Waals surface area (Å²) in [5.41, 5.74) is -0.711. The maximum absolute atomic E-state index is 11.7. The summed E-state index contributed by atoms with van der Waals surface area (Å²) >= 11 is -0.331. The van der Waals surface area contributed by atoms with E-state index in [1.54, 1.807) is 6.92 Å². The monoisotopic (exact) mass is 322 g/mol. The van der Waals surface area contributed by atoms with Gasteiger partial charge in [-0.25, -0.2) is 0 Å². The molecule has 100 valence electrons. The molecule has 18 heavy (non-hydrogen) atoms. The van der Waals surface area contributed by atoms with Crippen molar-refractivity contribution < 1.29 is 15.3 Å². The number of aromatic nitrogens is 2. The van der Waals surface area contributed by atoms with Gasteiger partial charge in [-0.2, -0.15) is 0 Å². The predicted octanol–water partition coefficient (Wildman–Crippen LogP) is -2.44. The van der Waals surface area contributed by atoms with E-state index < -0.39 is 33.2 Å². The summed E-state index contributed by atoms with van der Waals surface area (Å²) in [6.07, 6.45) is -0.771. The van der Waals surface area contributed by atoms with Gasteiger partial charge in [0.2, 0.25) is 0 Å². The molecular weight excluding hydrogens is 307 g/mol. The van der Waals surface area contributed by atoms with Crippen molar-refractivity contribution in [2.75, 3.05) is 6.61 Å². The molecule has 1 aliphatic rings. The summed E-state index contributed by atoms with van der Waals surface area (Å²) in [5.74, 6) is 0. The number of aryl methyl sites for hydroxylation is 1. The molecule has 0 aliphatic carbocycles. The summed E-state index contributed by atoms with van der Waals surface area (Å²) in [6.45, 7) is 1.33. The number of hydrogen-bond acceptors (Lipinski definition) is 5. The van der Waals surface area contributed by atoms with E-state index >= 15 is 0 Å². The Balaban J connectivity index is 2.42. The summed E-state index contributed by atoms with van der Waals surface area (Å²) in [6, 6.07) is 0. The average molecular weight is 321 g/mol. The molecule has 1 saturated heterocycles. The summed E-state index contributed by atoms with van der Waals surface area (Å²) < 4.78 is 1.24. The number of aliphatic hydroxyl groups excluding tert-OH is 3. The van der Waals surface area contributed by atoms with Crippen molar-refractivity contribution >= 4 is 15.0 Å². The van der Waals surface area contributed by atoms with Gasteiger partial charge in [-0.15, -0.1) is 0 Å². The third kappa shape index (κ3) is 2.17. The average Bonchev–Trinajstić information content (AvgIpc) is 2.61. The molecule has 0 radical (unpaired) electrons. The maximum atomic E-state index is 11.7. The molecule has 1 aromatic rings. The number of nitrogens with one attached hydrogen (secondary N) is 1. The Kier molecular flexibility index (Phi) is 3.74.